The Kier molecular flexibility index (Phi) is 5.08. The zero-order chi connectivity index (χ0) is 16.9. The summed E-state index contributed by atoms with van der Waals surface area (Å²) in [6.45, 7) is 2.86. The van der Waals surface area contributed by atoms with Gasteiger partial charge in [0.05, 0.1) is 11.2 Å². The number of benzene rings is 1. The molecule has 24 heavy (non-hydrogen) atoms. The summed E-state index contributed by atoms with van der Waals surface area (Å²) in [6, 6.07) is 9.72. The van der Waals surface area contributed by atoms with E-state index < -0.39 is 0 Å². The molecular formula is C19H23N3O2. The lowest BCUT2D eigenvalue weighted by atomic mass is 9.99. The highest BCUT2D eigenvalue weighted by Gasteiger charge is 2.26. The second kappa shape index (κ2) is 7.43. The number of hydrogen-bond donors (Lipinski definition) is 1. The summed E-state index contributed by atoms with van der Waals surface area (Å²) < 4.78 is 0. The Morgan fingerprint density at radius 3 is 2.92 bits per heavy atom. The van der Waals surface area contributed by atoms with E-state index in [0.717, 1.165) is 43.1 Å². The van der Waals surface area contributed by atoms with Crippen molar-refractivity contribution >= 4 is 28.4 Å². The van der Waals surface area contributed by atoms with Gasteiger partial charge in [-0.1, -0.05) is 25.1 Å². The maximum atomic E-state index is 12.5. The third kappa shape index (κ3) is 3.55. The zero-order valence-electron chi connectivity index (χ0n) is 14.0. The number of nitrogens with zero attached hydrogens (tertiary/aromatic N) is 2. The standard InChI is InChI=1S/C19H23N3O2/c1-2-15-9-3-4-12-22(15)18(24)13-17(23)21-16-10-5-7-14-8-6-11-20-19(14)16/h5-8,10-11,15H,2-4,9,12-13H2,1H3,(H,21,23). The van der Waals surface area contributed by atoms with Gasteiger partial charge in [-0.15, -0.1) is 0 Å². The molecule has 2 heterocycles. The van der Waals surface area contributed by atoms with Crippen molar-refractivity contribution < 1.29 is 9.59 Å². The molecule has 1 N–H and O–H groups in total. The summed E-state index contributed by atoms with van der Waals surface area (Å²) in [4.78, 5) is 31.0. The number of likely N-dealkylation sites (tertiary alicyclic amines) is 1. The van der Waals surface area contributed by atoms with E-state index in [-0.39, 0.29) is 24.3 Å². The number of rotatable bonds is 4. The van der Waals surface area contributed by atoms with Crippen molar-refractivity contribution in [1.29, 1.82) is 0 Å². The predicted octanol–water partition coefficient (Wildman–Crippen LogP) is 3.35. The van der Waals surface area contributed by atoms with Gasteiger partial charge in [0, 0.05) is 24.2 Å². The number of nitrogens with one attached hydrogen (secondary N) is 1. The number of amides is 2. The molecule has 1 aromatic heterocycles. The molecule has 2 aromatic rings. The van der Waals surface area contributed by atoms with Crippen LogP contribution in [-0.4, -0.2) is 34.3 Å². The van der Waals surface area contributed by atoms with Gasteiger partial charge in [0.2, 0.25) is 11.8 Å². The number of piperidine rings is 1. The lowest BCUT2D eigenvalue weighted by Gasteiger charge is -2.35. The maximum absolute atomic E-state index is 12.5. The summed E-state index contributed by atoms with van der Waals surface area (Å²) >= 11 is 0. The fraction of sp³-hybridized carbons (Fsp3) is 0.421. The summed E-state index contributed by atoms with van der Waals surface area (Å²) in [5.41, 5.74) is 1.39. The second-order valence-corrected chi connectivity index (χ2v) is 6.25. The van der Waals surface area contributed by atoms with E-state index in [4.69, 9.17) is 0 Å². The van der Waals surface area contributed by atoms with E-state index in [2.05, 4.69) is 17.2 Å². The highest BCUT2D eigenvalue weighted by molar-refractivity contribution is 6.07. The SMILES string of the molecule is CCC1CCCCN1C(=O)CC(=O)Nc1cccc2cccnc12. The molecule has 1 aliphatic rings. The molecule has 0 spiro atoms. The topological polar surface area (TPSA) is 62.3 Å². The smallest absolute Gasteiger partial charge is 0.233 e. The minimum Gasteiger partial charge on any atom is -0.339 e. The summed E-state index contributed by atoms with van der Waals surface area (Å²) in [6.07, 6.45) is 5.76. The van der Waals surface area contributed by atoms with E-state index in [0.29, 0.717) is 5.69 Å². The van der Waals surface area contributed by atoms with E-state index in [1.165, 1.54) is 0 Å². The van der Waals surface area contributed by atoms with E-state index in [1.54, 1.807) is 6.20 Å². The van der Waals surface area contributed by atoms with E-state index in [1.807, 2.05) is 35.2 Å². The van der Waals surface area contributed by atoms with Crippen molar-refractivity contribution in [2.75, 3.05) is 11.9 Å². The Labute approximate surface area is 142 Å². The lowest BCUT2D eigenvalue weighted by molar-refractivity contribution is -0.137. The molecule has 1 unspecified atom stereocenters. The van der Waals surface area contributed by atoms with Crippen LogP contribution >= 0.6 is 0 Å². The molecule has 1 fully saturated rings. The van der Waals surface area contributed by atoms with Crippen LogP contribution < -0.4 is 5.32 Å². The highest BCUT2D eigenvalue weighted by atomic mass is 16.2. The Morgan fingerprint density at radius 2 is 2.08 bits per heavy atom. The van der Waals surface area contributed by atoms with Gasteiger partial charge in [0.15, 0.2) is 0 Å². The molecular weight excluding hydrogens is 302 g/mol. The first-order chi connectivity index (χ1) is 11.7. The molecule has 0 aliphatic carbocycles. The van der Waals surface area contributed by atoms with E-state index in [9.17, 15) is 9.59 Å². The van der Waals surface area contributed by atoms with Crippen LogP contribution in [-0.2, 0) is 9.59 Å². The predicted molar refractivity (Wildman–Crippen MR) is 94.6 cm³/mol. The molecule has 1 aliphatic heterocycles. The van der Waals surface area contributed by atoms with Crippen LogP contribution in [0.3, 0.4) is 0 Å². The number of para-hydroxylation sites is 1. The van der Waals surface area contributed by atoms with Gasteiger partial charge >= 0.3 is 0 Å². The molecule has 5 nitrogen and oxygen atoms in total. The van der Waals surface area contributed by atoms with Crippen LogP contribution in [0, 0.1) is 0 Å². The molecule has 2 amide bonds. The van der Waals surface area contributed by atoms with Crippen LogP contribution in [0.5, 0.6) is 0 Å². The highest BCUT2D eigenvalue weighted by Crippen LogP contribution is 2.22. The number of pyridine rings is 1. The minimum atomic E-state index is -0.279. The van der Waals surface area contributed by atoms with Gasteiger partial charge in [-0.05, 0) is 37.8 Å². The molecule has 3 rings (SSSR count). The fourth-order valence-corrected chi connectivity index (χ4v) is 3.39. The largest absolute Gasteiger partial charge is 0.339 e. The first-order valence-electron chi connectivity index (χ1n) is 8.62. The van der Waals surface area contributed by atoms with Crippen LogP contribution in [0.2, 0.25) is 0 Å². The van der Waals surface area contributed by atoms with Gasteiger partial charge in [0.25, 0.3) is 0 Å². The van der Waals surface area contributed by atoms with Gasteiger partial charge in [-0.2, -0.15) is 0 Å². The van der Waals surface area contributed by atoms with Crippen molar-refractivity contribution in [2.24, 2.45) is 0 Å². The number of carbonyl (C=O) groups excluding carboxylic acids is 2. The Bertz CT molecular complexity index is 739. The van der Waals surface area contributed by atoms with Crippen LogP contribution in [0.25, 0.3) is 10.9 Å². The average molecular weight is 325 g/mol. The molecule has 1 saturated heterocycles. The molecule has 0 bridgehead atoms. The Hall–Kier alpha value is -2.43. The quantitative estimate of drug-likeness (QED) is 0.877. The summed E-state index contributed by atoms with van der Waals surface area (Å²) in [5, 5.41) is 3.80. The Morgan fingerprint density at radius 1 is 1.25 bits per heavy atom. The number of carbonyl (C=O) groups is 2. The third-order valence-corrected chi connectivity index (χ3v) is 4.64. The monoisotopic (exact) mass is 325 g/mol. The van der Waals surface area contributed by atoms with E-state index >= 15 is 0 Å². The minimum absolute atomic E-state index is 0.0766. The third-order valence-electron chi connectivity index (χ3n) is 4.64. The maximum Gasteiger partial charge on any atom is 0.233 e. The number of aromatic nitrogens is 1. The van der Waals surface area contributed by atoms with Gasteiger partial charge in [-0.25, -0.2) is 0 Å². The number of fused-ring (bicyclic) bond motifs is 1. The van der Waals surface area contributed by atoms with Crippen LogP contribution in [0.15, 0.2) is 36.5 Å². The molecule has 5 heteroatoms. The lowest BCUT2D eigenvalue weighted by Crippen LogP contribution is -2.44. The summed E-state index contributed by atoms with van der Waals surface area (Å²) in [5.74, 6) is -0.356. The number of hydrogen-bond acceptors (Lipinski definition) is 3. The normalized spacial score (nSPS) is 17.7. The van der Waals surface area contributed by atoms with Crippen LogP contribution in [0.4, 0.5) is 5.69 Å². The molecule has 0 radical (unpaired) electrons. The molecule has 1 atom stereocenters. The van der Waals surface area contributed by atoms with Crippen molar-refractivity contribution in [2.45, 2.75) is 45.1 Å². The second-order valence-electron chi connectivity index (χ2n) is 6.25. The van der Waals surface area contributed by atoms with Gasteiger partial charge < -0.3 is 10.2 Å². The fourth-order valence-electron chi connectivity index (χ4n) is 3.39. The van der Waals surface area contributed by atoms with Crippen LogP contribution in [0.1, 0.15) is 39.0 Å². The first kappa shape index (κ1) is 16.4. The summed E-state index contributed by atoms with van der Waals surface area (Å²) in [7, 11) is 0. The van der Waals surface area contributed by atoms with Gasteiger partial charge in [0.1, 0.15) is 6.42 Å². The average Bonchev–Trinajstić information content (AvgIpc) is 2.62. The van der Waals surface area contributed by atoms with Gasteiger partial charge in [-0.3, -0.25) is 14.6 Å². The van der Waals surface area contributed by atoms with Crippen molar-refractivity contribution in [3.05, 3.63) is 36.5 Å². The molecule has 1 aromatic carbocycles. The number of anilines is 1. The first-order valence-corrected chi connectivity index (χ1v) is 8.62. The van der Waals surface area contributed by atoms with Crippen molar-refractivity contribution in [1.82, 2.24) is 9.88 Å². The van der Waals surface area contributed by atoms with Crippen molar-refractivity contribution in [3.63, 3.8) is 0 Å². The van der Waals surface area contributed by atoms with Crippen molar-refractivity contribution in [3.8, 4) is 0 Å². The molecule has 0 saturated carbocycles. The molecule has 126 valence electrons. The zero-order valence-corrected chi connectivity index (χ0v) is 14.0. The Balaban J connectivity index is 1.67.